The first-order valence-corrected chi connectivity index (χ1v) is 7.63. The van der Waals surface area contributed by atoms with E-state index >= 15 is 0 Å². The van der Waals surface area contributed by atoms with Crippen molar-refractivity contribution in [1.82, 2.24) is 0 Å². The largest absolute Gasteiger partial charge is 0.493 e. The summed E-state index contributed by atoms with van der Waals surface area (Å²) in [7, 11) is 4.70. The van der Waals surface area contributed by atoms with Crippen molar-refractivity contribution in [3.05, 3.63) is 40.1 Å². The summed E-state index contributed by atoms with van der Waals surface area (Å²) < 4.78 is 15.9. The van der Waals surface area contributed by atoms with Crippen LogP contribution in [0.4, 0.5) is 0 Å². The van der Waals surface area contributed by atoms with Gasteiger partial charge in [-0.3, -0.25) is 0 Å². The maximum absolute atomic E-state index is 10.4. The van der Waals surface area contributed by atoms with E-state index in [-0.39, 0.29) is 0 Å². The average Bonchev–Trinajstić information content (AvgIpc) is 3.04. The predicted molar refractivity (Wildman–Crippen MR) is 83.7 cm³/mol. The first-order valence-electron chi connectivity index (χ1n) is 6.68. The van der Waals surface area contributed by atoms with Crippen LogP contribution in [0.25, 0.3) is 0 Å². The molecule has 1 aromatic carbocycles. The molecule has 2 aromatic rings. The highest BCUT2D eigenvalue weighted by atomic mass is 32.1. The standard InChI is InChI=1S/C16H20O4S/c1-18-14-8-12(9-15(19-2)16(14)20-3)13(17)5-4-11-6-7-21-10-11/h6-10,13,17H,4-5H2,1-3H3. The van der Waals surface area contributed by atoms with E-state index in [1.54, 1.807) is 44.8 Å². The topological polar surface area (TPSA) is 47.9 Å². The Bertz CT molecular complexity index is 541. The van der Waals surface area contributed by atoms with E-state index in [1.165, 1.54) is 5.56 Å². The van der Waals surface area contributed by atoms with Crippen LogP contribution >= 0.6 is 11.3 Å². The molecule has 0 spiro atoms. The predicted octanol–water partition coefficient (Wildman–Crippen LogP) is 3.44. The Morgan fingerprint density at radius 2 is 1.76 bits per heavy atom. The second-order valence-electron chi connectivity index (χ2n) is 4.64. The summed E-state index contributed by atoms with van der Waals surface area (Å²) in [5.74, 6) is 1.65. The molecule has 0 fully saturated rings. The zero-order valence-corrected chi connectivity index (χ0v) is 13.3. The first-order chi connectivity index (χ1) is 10.2. The third kappa shape index (κ3) is 3.68. The second-order valence-corrected chi connectivity index (χ2v) is 5.42. The van der Waals surface area contributed by atoms with Gasteiger partial charge < -0.3 is 19.3 Å². The zero-order valence-electron chi connectivity index (χ0n) is 12.5. The Labute approximate surface area is 128 Å². The lowest BCUT2D eigenvalue weighted by Gasteiger charge is -2.17. The van der Waals surface area contributed by atoms with Crippen molar-refractivity contribution in [1.29, 1.82) is 0 Å². The fraction of sp³-hybridized carbons (Fsp3) is 0.375. The molecule has 114 valence electrons. The van der Waals surface area contributed by atoms with Crippen LogP contribution in [0.15, 0.2) is 29.0 Å². The molecule has 0 saturated heterocycles. The number of aliphatic hydroxyl groups is 1. The summed E-state index contributed by atoms with van der Waals surface area (Å²) in [6.45, 7) is 0. The van der Waals surface area contributed by atoms with E-state index in [0.717, 1.165) is 12.0 Å². The number of ether oxygens (including phenoxy) is 3. The van der Waals surface area contributed by atoms with Crippen LogP contribution in [0.2, 0.25) is 0 Å². The van der Waals surface area contributed by atoms with Crippen molar-refractivity contribution in [3.8, 4) is 17.2 Å². The molecule has 21 heavy (non-hydrogen) atoms. The number of rotatable bonds is 7. The minimum Gasteiger partial charge on any atom is -0.493 e. The highest BCUT2D eigenvalue weighted by Crippen LogP contribution is 2.40. The molecule has 5 heteroatoms. The summed E-state index contributed by atoms with van der Waals surface area (Å²) >= 11 is 1.67. The minimum absolute atomic E-state index is 0.536. The number of thiophene rings is 1. The summed E-state index contributed by atoms with van der Waals surface area (Å²) in [6.07, 6.45) is 0.912. The molecule has 2 rings (SSSR count). The molecule has 0 aliphatic heterocycles. The van der Waals surface area contributed by atoms with Crippen LogP contribution in [0.1, 0.15) is 23.7 Å². The zero-order chi connectivity index (χ0) is 15.2. The Kier molecular flexibility index (Phi) is 5.47. The lowest BCUT2D eigenvalue weighted by molar-refractivity contribution is 0.166. The van der Waals surface area contributed by atoms with Gasteiger partial charge in [0, 0.05) is 0 Å². The van der Waals surface area contributed by atoms with Crippen molar-refractivity contribution in [3.63, 3.8) is 0 Å². The normalized spacial score (nSPS) is 12.0. The second kappa shape index (κ2) is 7.33. The maximum Gasteiger partial charge on any atom is 0.203 e. The smallest absolute Gasteiger partial charge is 0.203 e. The highest BCUT2D eigenvalue weighted by Gasteiger charge is 2.17. The van der Waals surface area contributed by atoms with Crippen molar-refractivity contribution < 1.29 is 19.3 Å². The molecule has 1 atom stereocenters. The summed E-state index contributed by atoms with van der Waals surface area (Å²) in [5, 5.41) is 14.5. The van der Waals surface area contributed by atoms with E-state index in [2.05, 4.69) is 11.4 Å². The Balaban J connectivity index is 2.18. The molecule has 1 heterocycles. The fourth-order valence-electron chi connectivity index (χ4n) is 2.20. The van der Waals surface area contributed by atoms with E-state index < -0.39 is 6.10 Å². The van der Waals surface area contributed by atoms with Crippen LogP contribution in [0.3, 0.4) is 0 Å². The van der Waals surface area contributed by atoms with Gasteiger partial charge in [-0.25, -0.2) is 0 Å². The summed E-state index contributed by atoms with van der Waals surface area (Å²) in [5.41, 5.74) is 2.01. The summed E-state index contributed by atoms with van der Waals surface area (Å²) in [4.78, 5) is 0. The van der Waals surface area contributed by atoms with Gasteiger partial charge in [-0.1, -0.05) is 0 Å². The molecule has 0 aliphatic carbocycles. The molecule has 1 unspecified atom stereocenters. The molecule has 0 saturated carbocycles. The molecule has 0 aliphatic rings. The van der Waals surface area contributed by atoms with Crippen molar-refractivity contribution in [2.45, 2.75) is 18.9 Å². The number of benzene rings is 1. The maximum atomic E-state index is 10.4. The number of methoxy groups -OCH3 is 3. The molecule has 0 bridgehead atoms. The number of aliphatic hydroxyl groups excluding tert-OH is 1. The van der Waals surface area contributed by atoms with Gasteiger partial charge in [-0.05, 0) is 52.9 Å². The van der Waals surface area contributed by atoms with Crippen LogP contribution in [-0.4, -0.2) is 26.4 Å². The van der Waals surface area contributed by atoms with E-state index in [9.17, 15) is 5.11 Å². The summed E-state index contributed by atoms with van der Waals surface area (Å²) in [6, 6.07) is 5.66. The van der Waals surface area contributed by atoms with Gasteiger partial charge in [0.1, 0.15) is 0 Å². The van der Waals surface area contributed by atoms with Crippen molar-refractivity contribution in [2.75, 3.05) is 21.3 Å². The SMILES string of the molecule is COc1cc(C(O)CCc2ccsc2)cc(OC)c1OC. The van der Waals surface area contributed by atoms with Gasteiger partial charge in [-0.2, -0.15) is 11.3 Å². The van der Waals surface area contributed by atoms with Crippen LogP contribution < -0.4 is 14.2 Å². The Morgan fingerprint density at radius 1 is 1.10 bits per heavy atom. The lowest BCUT2D eigenvalue weighted by atomic mass is 10.0. The number of aryl methyl sites for hydroxylation is 1. The third-order valence-electron chi connectivity index (χ3n) is 3.36. The molecule has 4 nitrogen and oxygen atoms in total. The van der Waals surface area contributed by atoms with E-state index in [4.69, 9.17) is 14.2 Å². The number of hydrogen-bond donors (Lipinski definition) is 1. The quantitative estimate of drug-likeness (QED) is 0.851. The van der Waals surface area contributed by atoms with Crippen molar-refractivity contribution >= 4 is 11.3 Å². The van der Waals surface area contributed by atoms with Gasteiger partial charge in [0.15, 0.2) is 11.5 Å². The highest BCUT2D eigenvalue weighted by molar-refractivity contribution is 7.07. The lowest BCUT2D eigenvalue weighted by Crippen LogP contribution is -2.02. The molecule has 0 amide bonds. The third-order valence-corrected chi connectivity index (χ3v) is 4.09. The number of hydrogen-bond acceptors (Lipinski definition) is 5. The van der Waals surface area contributed by atoms with Crippen LogP contribution in [-0.2, 0) is 6.42 Å². The van der Waals surface area contributed by atoms with Crippen LogP contribution in [0.5, 0.6) is 17.2 Å². The average molecular weight is 308 g/mol. The molecular weight excluding hydrogens is 288 g/mol. The first kappa shape index (κ1) is 15.7. The van der Waals surface area contributed by atoms with Gasteiger partial charge in [0.2, 0.25) is 5.75 Å². The monoisotopic (exact) mass is 308 g/mol. The molecule has 0 radical (unpaired) electrons. The molecule has 1 N–H and O–H groups in total. The Hall–Kier alpha value is -1.72. The van der Waals surface area contributed by atoms with Gasteiger partial charge in [0.05, 0.1) is 27.4 Å². The molecular formula is C16H20O4S. The Morgan fingerprint density at radius 3 is 2.24 bits per heavy atom. The molecule has 1 aromatic heterocycles. The van der Waals surface area contributed by atoms with E-state index in [0.29, 0.717) is 23.7 Å². The van der Waals surface area contributed by atoms with E-state index in [1.807, 2.05) is 5.38 Å². The minimum atomic E-state index is -0.571. The van der Waals surface area contributed by atoms with Gasteiger partial charge in [-0.15, -0.1) is 0 Å². The fourth-order valence-corrected chi connectivity index (χ4v) is 2.90. The van der Waals surface area contributed by atoms with Gasteiger partial charge in [0.25, 0.3) is 0 Å². The van der Waals surface area contributed by atoms with Crippen molar-refractivity contribution in [2.24, 2.45) is 0 Å². The van der Waals surface area contributed by atoms with Crippen LogP contribution in [0, 0.1) is 0 Å². The van der Waals surface area contributed by atoms with Gasteiger partial charge >= 0.3 is 0 Å².